The maximum absolute atomic E-state index is 14.3. The molecular weight excluding hydrogens is 1140 g/mol. The summed E-state index contributed by atoms with van der Waals surface area (Å²) in [4.78, 5) is 86.1. The monoisotopic (exact) mass is 1200 g/mol. The van der Waals surface area contributed by atoms with Gasteiger partial charge in [0, 0.05) is 97.2 Å². The summed E-state index contributed by atoms with van der Waals surface area (Å²) in [5.74, 6) is -5.87. The van der Waals surface area contributed by atoms with Crippen molar-refractivity contribution in [3.05, 3.63) is 141 Å². The van der Waals surface area contributed by atoms with Crippen LogP contribution in [-0.4, -0.2) is 127 Å². The number of rotatable bonds is 28. The summed E-state index contributed by atoms with van der Waals surface area (Å²) in [6.45, 7) is 0.107. The molecule has 30 heteroatoms. The number of pyridine rings is 3. The molecule has 2 saturated heterocycles. The highest BCUT2D eigenvalue weighted by atomic mass is 32.2. The number of nitrogens with zero attached hydrogens (tertiary/aromatic N) is 8. The molecular formula is C50H56N8O17S5. The Morgan fingerprint density at radius 2 is 1.10 bits per heavy atom. The molecule has 0 aliphatic carbocycles. The molecule has 2 aliphatic heterocycles. The molecule has 6 rings (SSSR count). The topological polar surface area (TPSA) is 335 Å². The Labute approximate surface area is 471 Å². The average molecular weight is 1200 g/mol. The normalized spacial score (nSPS) is 15.2. The molecule has 0 spiro atoms. The molecule has 4 aromatic rings. The molecule has 0 atom stereocenters. The number of hydroxylamine groups is 2. The van der Waals surface area contributed by atoms with Crippen molar-refractivity contribution in [2.45, 2.75) is 97.1 Å². The van der Waals surface area contributed by atoms with Crippen LogP contribution in [0.4, 0.5) is 0 Å². The minimum Gasteiger partial charge on any atom is -0.748 e. The van der Waals surface area contributed by atoms with E-state index >= 15 is 0 Å². The van der Waals surface area contributed by atoms with E-state index in [9.17, 15) is 72.8 Å². The summed E-state index contributed by atoms with van der Waals surface area (Å²) in [5.41, 5.74) is 0.333. The molecule has 4 amide bonds. The highest BCUT2D eigenvalue weighted by Crippen LogP contribution is 2.23. The number of amides is 4. The number of imide groups is 1. The standard InChI is InChI=1S/C50H56N8O17S5/c59-42-19-20-43(60)58(42)75-44(61)18-5-2-6-27-54-45(62)40(46(63)55(49(54)76)34-37-13-7-21-51(31-37)24-10-28-78(66,67)68)16-3-1-4-17-41-47(64)56(35-38-14-8-22-52(32-38)25-11-29-79(69,70)71)50(77)57(48(41)65)36-39-15-9-23-53(33-39)26-12-30-80(72,73)74/h1,3-4,7-9,13-17,21-23,31-33H,2,5-6,10-12,18-20,24-30,34-36H2,(H-3,62,63,64,65,66,67,68,69,70,71,72,73,74). The molecule has 6 heterocycles. The average Bonchev–Trinajstić information content (AvgIpc) is 3.75. The SMILES string of the molecule is O=C(CCCCCN1C(=O)\C(=C/C=C/C=C/c2c(O)n(Cc3ccc[n+](CCCS(=O)(=O)[O-])c3)c(=S)n(Cc3ccc[n+](CCCS(=O)(=O)[O-])c3)c2=O)C(=O)N(Cc2ccc[n+](CCCS(=O)(=O)[O-])c2)C1=S)ON1C(=O)CCC1=O. The largest absolute Gasteiger partial charge is 0.748 e. The van der Waals surface area contributed by atoms with Crippen LogP contribution in [0.2, 0.25) is 0 Å². The first-order chi connectivity index (χ1) is 37.8. The Bertz CT molecular complexity index is 3600. The predicted molar refractivity (Wildman–Crippen MR) is 284 cm³/mol. The number of aromatic nitrogens is 5. The fraction of sp³-hybridized carbons (Fsp3) is 0.380. The Morgan fingerprint density at radius 1 is 0.625 bits per heavy atom. The van der Waals surface area contributed by atoms with E-state index < -0.39 is 88.7 Å². The molecule has 2 aliphatic rings. The number of unbranched alkanes of at least 4 members (excludes halogenated alkanes) is 2. The van der Waals surface area contributed by atoms with E-state index in [4.69, 9.17) is 29.3 Å². The highest BCUT2D eigenvalue weighted by molar-refractivity contribution is 7.86. The van der Waals surface area contributed by atoms with Gasteiger partial charge in [-0.05, 0) is 67.6 Å². The van der Waals surface area contributed by atoms with Crippen LogP contribution < -0.4 is 19.3 Å². The Balaban J connectivity index is 1.28. The molecule has 428 valence electrons. The van der Waals surface area contributed by atoms with Crippen molar-refractivity contribution in [1.82, 2.24) is 24.0 Å². The maximum atomic E-state index is 14.3. The van der Waals surface area contributed by atoms with E-state index in [1.807, 2.05) is 0 Å². The number of carbonyl (C=O) groups excluding carboxylic acids is 5. The van der Waals surface area contributed by atoms with Gasteiger partial charge in [-0.2, -0.15) is 0 Å². The maximum Gasteiger partial charge on any atom is 0.333 e. The van der Waals surface area contributed by atoms with Gasteiger partial charge in [0.05, 0.1) is 50.0 Å². The molecule has 0 aromatic carbocycles. The lowest BCUT2D eigenvalue weighted by Gasteiger charge is -2.36. The van der Waals surface area contributed by atoms with E-state index in [-0.39, 0.29) is 118 Å². The van der Waals surface area contributed by atoms with E-state index in [1.165, 1.54) is 49.3 Å². The molecule has 80 heavy (non-hydrogen) atoms. The van der Waals surface area contributed by atoms with Crippen molar-refractivity contribution in [3.63, 3.8) is 0 Å². The molecule has 0 bridgehead atoms. The third-order valence-corrected chi connectivity index (χ3v) is 15.5. The van der Waals surface area contributed by atoms with Gasteiger partial charge in [-0.1, -0.05) is 24.6 Å². The summed E-state index contributed by atoms with van der Waals surface area (Å²) >= 11 is 11.5. The Morgan fingerprint density at radius 3 is 1.60 bits per heavy atom. The van der Waals surface area contributed by atoms with E-state index in [0.717, 1.165) is 0 Å². The van der Waals surface area contributed by atoms with Crippen LogP contribution >= 0.6 is 24.4 Å². The van der Waals surface area contributed by atoms with Gasteiger partial charge in [0.2, 0.25) is 5.88 Å². The van der Waals surface area contributed by atoms with Crippen LogP contribution in [-0.2, 0) is 98.4 Å². The summed E-state index contributed by atoms with van der Waals surface area (Å²) in [5, 5.41) is 12.1. The van der Waals surface area contributed by atoms with E-state index in [2.05, 4.69) is 0 Å². The molecule has 0 radical (unpaired) electrons. The lowest BCUT2D eigenvalue weighted by molar-refractivity contribution is -0.697. The summed E-state index contributed by atoms with van der Waals surface area (Å²) in [7, 11) is -13.4. The minimum atomic E-state index is -4.46. The smallest absolute Gasteiger partial charge is 0.333 e. The second-order valence-corrected chi connectivity index (χ2v) is 23.8. The van der Waals surface area contributed by atoms with Crippen molar-refractivity contribution in [2.24, 2.45) is 0 Å². The third kappa shape index (κ3) is 18.5. The molecule has 1 N–H and O–H groups in total. The van der Waals surface area contributed by atoms with Gasteiger partial charge in [-0.25, -0.2) is 43.7 Å². The van der Waals surface area contributed by atoms with E-state index in [1.54, 1.807) is 87.3 Å². The number of carbonyl (C=O) groups is 5. The first-order valence-electron chi connectivity index (χ1n) is 24.9. The molecule has 25 nitrogen and oxygen atoms in total. The van der Waals surface area contributed by atoms with Crippen LogP contribution in [0.15, 0.2) is 108 Å². The third-order valence-electron chi connectivity index (χ3n) is 12.3. The molecule has 0 unspecified atom stereocenters. The summed E-state index contributed by atoms with van der Waals surface area (Å²) < 4.78 is 108. The number of hydrogen-bond donors (Lipinski definition) is 1. The lowest BCUT2D eigenvalue weighted by atomic mass is 10.1. The second kappa shape index (κ2) is 27.9. The van der Waals surface area contributed by atoms with Crippen molar-refractivity contribution in [1.29, 1.82) is 0 Å². The fourth-order valence-corrected chi connectivity index (χ4v) is 10.5. The van der Waals surface area contributed by atoms with Gasteiger partial charge in [0.25, 0.3) is 29.2 Å². The highest BCUT2D eigenvalue weighted by Gasteiger charge is 2.39. The van der Waals surface area contributed by atoms with Gasteiger partial charge in [0.15, 0.2) is 47.1 Å². The van der Waals surface area contributed by atoms with Gasteiger partial charge in [0.1, 0.15) is 30.8 Å². The molecule has 4 aromatic heterocycles. The van der Waals surface area contributed by atoms with Crippen LogP contribution in [0, 0.1) is 4.77 Å². The number of allylic oxidation sites excluding steroid dienone is 4. The van der Waals surface area contributed by atoms with Gasteiger partial charge < -0.3 is 23.6 Å². The summed E-state index contributed by atoms with van der Waals surface area (Å²) in [6, 6.07) is 10.0. The number of aryl methyl sites for hydroxylation is 3. The van der Waals surface area contributed by atoms with Crippen LogP contribution in [0.25, 0.3) is 6.08 Å². The van der Waals surface area contributed by atoms with Crippen LogP contribution in [0.1, 0.15) is 80.0 Å². The zero-order valence-corrected chi connectivity index (χ0v) is 46.9. The van der Waals surface area contributed by atoms with Crippen LogP contribution in [0.3, 0.4) is 0 Å². The van der Waals surface area contributed by atoms with Crippen molar-refractivity contribution >= 4 is 95.6 Å². The second-order valence-electron chi connectivity index (χ2n) is 18.5. The lowest BCUT2D eigenvalue weighted by Crippen LogP contribution is -2.56. The number of hydrogen-bond acceptors (Lipinski definition) is 19. The Kier molecular flexibility index (Phi) is 21.7. The first kappa shape index (κ1) is 62.1. The van der Waals surface area contributed by atoms with Crippen molar-refractivity contribution < 1.29 is 86.5 Å². The molecule has 0 saturated carbocycles. The zero-order chi connectivity index (χ0) is 58.4. The van der Waals surface area contributed by atoms with E-state index in [0.29, 0.717) is 28.2 Å². The van der Waals surface area contributed by atoms with Crippen molar-refractivity contribution in [3.8, 4) is 5.88 Å². The summed E-state index contributed by atoms with van der Waals surface area (Å²) in [6.07, 6.45) is 17.2. The van der Waals surface area contributed by atoms with Crippen LogP contribution in [0.5, 0.6) is 5.88 Å². The number of thiocarbonyl (C=S) groups is 1. The van der Waals surface area contributed by atoms with Crippen molar-refractivity contribution in [2.75, 3.05) is 23.8 Å². The molecule has 2 fully saturated rings. The predicted octanol–water partition coefficient (Wildman–Crippen LogP) is 0.669. The van der Waals surface area contributed by atoms with Gasteiger partial charge in [-0.15, -0.1) is 5.06 Å². The zero-order valence-electron chi connectivity index (χ0n) is 42.8. The quantitative estimate of drug-likeness (QED) is 0.0119. The Hall–Kier alpha value is -7.06. The fourth-order valence-electron chi connectivity index (χ4n) is 8.45. The minimum absolute atomic E-state index is 0.00706. The number of aromatic hydroxyl groups is 1. The van der Waals surface area contributed by atoms with Gasteiger partial charge >= 0.3 is 5.97 Å². The van der Waals surface area contributed by atoms with Gasteiger partial charge in [-0.3, -0.25) is 42.9 Å². The first-order valence-corrected chi connectivity index (χ1v) is 30.4.